The van der Waals surface area contributed by atoms with Gasteiger partial charge in [0, 0.05) is 45.7 Å². The summed E-state index contributed by atoms with van der Waals surface area (Å²) in [6, 6.07) is 0. The summed E-state index contributed by atoms with van der Waals surface area (Å²) in [7, 11) is 1.66. The van der Waals surface area contributed by atoms with Crippen LogP contribution in [-0.4, -0.2) is 50.1 Å². The van der Waals surface area contributed by atoms with E-state index in [4.69, 9.17) is 4.74 Å². The van der Waals surface area contributed by atoms with Crippen molar-refractivity contribution in [2.24, 2.45) is 11.8 Å². The molecule has 0 aromatic rings. The van der Waals surface area contributed by atoms with Gasteiger partial charge in [-0.25, -0.2) is 0 Å². The summed E-state index contributed by atoms with van der Waals surface area (Å²) < 4.78 is 4.95. The van der Waals surface area contributed by atoms with Crippen LogP contribution in [-0.2, 0) is 14.3 Å². The van der Waals surface area contributed by atoms with Crippen LogP contribution in [0.3, 0.4) is 0 Å². The molecule has 0 aromatic carbocycles. The fourth-order valence-electron chi connectivity index (χ4n) is 2.44. The summed E-state index contributed by atoms with van der Waals surface area (Å²) in [5.41, 5.74) is 0. The monoisotopic (exact) mass is 284 g/mol. The van der Waals surface area contributed by atoms with E-state index in [1.807, 2.05) is 4.90 Å². The largest absolute Gasteiger partial charge is 0.385 e. The van der Waals surface area contributed by atoms with E-state index in [0.717, 1.165) is 19.3 Å². The molecule has 5 heteroatoms. The molecule has 0 aromatic heterocycles. The topological polar surface area (TPSA) is 58.6 Å². The van der Waals surface area contributed by atoms with Crippen LogP contribution in [0.4, 0.5) is 0 Å². The Morgan fingerprint density at radius 3 is 2.50 bits per heavy atom. The van der Waals surface area contributed by atoms with Crippen LogP contribution >= 0.6 is 0 Å². The lowest BCUT2D eigenvalue weighted by Crippen LogP contribution is -2.43. The van der Waals surface area contributed by atoms with Crippen molar-refractivity contribution in [3.05, 3.63) is 0 Å². The Morgan fingerprint density at radius 1 is 1.30 bits per heavy atom. The third-order valence-electron chi connectivity index (χ3n) is 3.63. The van der Waals surface area contributed by atoms with E-state index in [2.05, 4.69) is 19.2 Å². The number of likely N-dealkylation sites (tertiary alicyclic amines) is 1. The number of hydrogen-bond acceptors (Lipinski definition) is 3. The predicted molar refractivity (Wildman–Crippen MR) is 78.3 cm³/mol. The number of methoxy groups -OCH3 is 1. The quantitative estimate of drug-likeness (QED) is 0.719. The van der Waals surface area contributed by atoms with Gasteiger partial charge in [0.15, 0.2) is 0 Å². The molecule has 0 bridgehead atoms. The average Bonchev–Trinajstić information content (AvgIpc) is 2.43. The van der Waals surface area contributed by atoms with E-state index in [1.54, 1.807) is 7.11 Å². The molecule has 0 unspecified atom stereocenters. The fraction of sp³-hybridized carbons (Fsp3) is 0.867. The predicted octanol–water partition coefficient (Wildman–Crippen LogP) is 1.42. The Kier molecular flexibility index (Phi) is 7.59. The molecule has 1 heterocycles. The standard InChI is InChI=1S/C15H28N2O3/c1-12(2)11-14(18)17-8-5-13(6-9-17)15(19)16-7-4-10-20-3/h12-13H,4-11H2,1-3H3,(H,16,19). The maximum atomic E-state index is 12.0. The lowest BCUT2D eigenvalue weighted by molar-refractivity contribution is -0.136. The van der Waals surface area contributed by atoms with Gasteiger partial charge in [-0.2, -0.15) is 0 Å². The number of nitrogens with zero attached hydrogens (tertiary/aromatic N) is 1. The van der Waals surface area contributed by atoms with Gasteiger partial charge < -0.3 is 15.0 Å². The number of hydrogen-bond donors (Lipinski definition) is 1. The van der Waals surface area contributed by atoms with Gasteiger partial charge in [0.05, 0.1) is 0 Å². The highest BCUT2D eigenvalue weighted by Crippen LogP contribution is 2.18. The summed E-state index contributed by atoms with van der Waals surface area (Å²) in [5, 5.41) is 2.94. The van der Waals surface area contributed by atoms with Gasteiger partial charge in [0.1, 0.15) is 0 Å². The van der Waals surface area contributed by atoms with Crippen LogP contribution in [0.2, 0.25) is 0 Å². The highest BCUT2D eigenvalue weighted by Gasteiger charge is 2.27. The van der Waals surface area contributed by atoms with Gasteiger partial charge >= 0.3 is 0 Å². The van der Waals surface area contributed by atoms with Crippen LogP contribution in [0, 0.1) is 11.8 Å². The Morgan fingerprint density at radius 2 is 1.95 bits per heavy atom. The molecule has 5 nitrogen and oxygen atoms in total. The molecule has 1 fully saturated rings. The van der Waals surface area contributed by atoms with Crippen molar-refractivity contribution >= 4 is 11.8 Å². The fourth-order valence-corrected chi connectivity index (χ4v) is 2.44. The van der Waals surface area contributed by atoms with Crippen LogP contribution in [0.15, 0.2) is 0 Å². The second-order valence-electron chi connectivity index (χ2n) is 5.89. The van der Waals surface area contributed by atoms with Crippen LogP contribution in [0.5, 0.6) is 0 Å². The molecular formula is C15H28N2O3. The zero-order chi connectivity index (χ0) is 15.0. The molecule has 0 aliphatic carbocycles. The van der Waals surface area contributed by atoms with Gasteiger partial charge in [-0.15, -0.1) is 0 Å². The smallest absolute Gasteiger partial charge is 0.223 e. The first-order valence-corrected chi connectivity index (χ1v) is 7.59. The molecule has 1 aliphatic rings. The van der Waals surface area contributed by atoms with Gasteiger partial charge in [-0.3, -0.25) is 9.59 Å². The highest BCUT2D eigenvalue weighted by molar-refractivity contribution is 5.80. The molecule has 0 atom stereocenters. The Balaban J connectivity index is 2.24. The molecule has 1 rings (SSSR count). The first-order chi connectivity index (χ1) is 9.54. The molecule has 20 heavy (non-hydrogen) atoms. The summed E-state index contributed by atoms with van der Waals surface area (Å²) in [4.78, 5) is 25.8. The summed E-state index contributed by atoms with van der Waals surface area (Å²) >= 11 is 0. The normalized spacial score (nSPS) is 16.5. The number of ether oxygens (including phenoxy) is 1. The van der Waals surface area contributed by atoms with Crippen LogP contribution in [0.25, 0.3) is 0 Å². The van der Waals surface area contributed by atoms with E-state index in [-0.39, 0.29) is 17.7 Å². The minimum atomic E-state index is 0.0562. The first-order valence-electron chi connectivity index (χ1n) is 7.59. The van der Waals surface area contributed by atoms with Crippen molar-refractivity contribution in [1.82, 2.24) is 10.2 Å². The summed E-state index contributed by atoms with van der Waals surface area (Å²) in [6.07, 6.45) is 3.00. The third-order valence-corrected chi connectivity index (χ3v) is 3.63. The number of carbonyl (C=O) groups excluding carboxylic acids is 2. The van der Waals surface area contributed by atoms with Crippen molar-refractivity contribution in [2.45, 2.75) is 39.5 Å². The molecular weight excluding hydrogens is 256 g/mol. The van der Waals surface area contributed by atoms with E-state index in [9.17, 15) is 9.59 Å². The number of carbonyl (C=O) groups is 2. The number of rotatable bonds is 7. The Hall–Kier alpha value is -1.10. The zero-order valence-electron chi connectivity index (χ0n) is 13.0. The van der Waals surface area contributed by atoms with Crippen LogP contribution in [0.1, 0.15) is 39.5 Å². The number of amides is 2. The summed E-state index contributed by atoms with van der Waals surface area (Å²) in [5.74, 6) is 0.793. The highest BCUT2D eigenvalue weighted by atomic mass is 16.5. The lowest BCUT2D eigenvalue weighted by atomic mass is 9.95. The van der Waals surface area contributed by atoms with Gasteiger partial charge in [0.25, 0.3) is 0 Å². The molecule has 1 N–H and O–H groups in total. The van der Waals surface area contributed by atoms with E-state index in [1.165, 1.54) is 0 Å². The molecule has 116 valence electrons. The number of nitrogens with one attached hydrogen (secondary N) is 1. The van der Waals surface area contributed by atoms with Gasteiger partial charge in [0.2, 0.25) is 11.8 Å². The minimum absolute atomic E-state index is 0.0562. The van der Waals surface area contributed by atoms with Crippen molar-refractivity contribution in [2.75, 3.05) is 33.4 Å². The van der Waals surface area contributed by atoms with E-state index < -0.39 is 0 Å². The van der Waals surface area contributed by atoms with Crippen LogP contribution < -0.4 is 5.32 Å². The molecule has 0 spiro atoms. The van der Waals surface area contributed by atoms with Crippen molar-refractivity contribution < 1.29 is 14.3 Å². The van der Waals surface area contributed by atoms with Crippen molar-refractivity contribution in [1.29, 1.82) is 0 Å². The maximum Gasteiger partial charge on any atom is 0.223 e. The van der Waals surface area contributed by atoms with Gasteiger partial charge in [-0.05, 0) is 25.2 Å². The van der Waals surface area contributed by atoms with Crippen molar-refractivity contribution in [3.8, 4) is 0 Å². The molecule has 1 aliphatic heterocycles. The molecule has 0 radical (unpaired) electrons. The second kappa shape index (κ2) is 8.95. The maximum absolute atomic E-state index is 12.0. The van der Waals surface area contributed by atoms with Gasteiger partial charge in [-0.1, -0.05) is 13.8 Å². The van der Waals surface area contributed by atoms with E-state index >= 15 is 0 Å². The molecule has 1 saturated heterocycles. The molecule has 0 saturated carbocycles. The minimum Gasteiger partial charge on any atom is -0.385 e. The second-order valence-corrected chi connectivity index (χ2v) is 5.89. The zero-order valence-corrected chi connectivity index (χ0v) is 13.0. The SMILES string of the molecule is COCCCNC(=O)C1CCN(C(=O)CC(C)C)CC1. The average molecular weight is 284 g/mol. The lowest BCUT2D eigenvalue weighted by Gasteiger charge is -2.31. The third kappa shape index (κ3) is 5.90. The van der Waals surface area contributed by atoms with Crippen molar-refractivity contribution in [3.63, 3.8) is 0 Å². The summed E-state index contributed by atoms with van der Waals surface area (Å²) in [6.45, 7) is 6.86. The van der Waals surface area contributed by atoms with E-state index in [0.29, 0.717) is 38.6 Å². The molecule has 2 amide bonds. The first kappa shape index (κ1) is 17.0. The Bertz CT molecular complexity index is 310. The number of piperidine rings is 1. The Labute approximate surface area is 122 Å².